The maximum atomic E-state index is 13.8. The van der Waals surface area contributed by atoms with Crippen LogP contribution in [0.15, 0.2) is 66.7 Å². The molecule has 3 aromatic carbocycles. The van der Waals surface area contributed by atoms with Crippen LogP contribution in [-0.2, 0) is 9.53 Å². The molecule has 0 saturated carbocycles. The van der Waals surface area contributed by atoms with Gasteiger partial charge in [-0.25, -0.2) is 14.0 Å². The molecule has 0 unspecified atom stereocenters. The summed E-state index contributed by atoms with van der Waals surface area (Å²) in [6, 6.07) is 18.9. The molecule has 35 heavy (non-hydrogen) atoms. The van der Waals surface area contributed by atoms with Crippen LogP contribution >= 0.6 is 0 Å². The molecule has 3 N–H and O–H groups in total. The van der Waals surface area contributed by atoms with Crippen molar-refractivity contribution in [3.05, 3.63) is 89.2 Å². The van der Waals surface area contributed by atoms with Gasteiger partial charge in [0, 0.05) is 24.1 Å². The Morgan fingerprint density at radius 1 is 1.00 bits per heavy atom. The fraction of sp³-hybridized carbons (Fsp3) is 0.222. The summed E-state index contributed by atoms with van der Waals surface area (Å²) in [7, 11) is 0. The Kier molecular flexibility index (Phi) is 7.10. The number of carboxylic acid groups (broad SMARTS) is 1. The number of carbonyl (C=O) groups excluding carboxylic acids is 2. The summed E-state index contributed by atoms with van der Waals surface area (Å²) in [4.78, 5) is 35.8. The monoisotopic (exact) mass is 476 g/mol. The molecule has 0 radical (unpaired) electrons. The van der Waals surface area contributed by atoms with Crippen LogP contribution in [-0.4, -0.2) is 35.7 Å². The molecule has 0 heterocycles. The first-order valence-corrected chi connectivity index (χ1v) is 11.3. The zero-order valence-electron chi connectivity index (χ0n) is 19.1. The van der Waals surface area contributed by atoms with Gasteiger partial charge >= 0.3 is 12.1 Å². The Morgan fingerprint density at radius 3 is 2.20 bits per heavy atom. The largest absolute Gasteiger partial charge is 0.478 e. The number of anilines is 1. The van der Waals surface area contributed by atoms with Crippen molar-refractivity contribution in [1.29, 1.82) is 0 Å². The van der Waals surface area contributed by atoms with Crippen molar-refractivity contribution in [1.82, 2.24) is 5.32 Å². The maximum absolute atomic E-state index is 13.8. The second-order valence-electron chi connectivity index (χ2n) is 8.33. The number of aromatic carboxylic acids is 1. The highest BCUT2D eigenvalue weighted by atomic mass is 19.1. The Morgan fingerprint density at radius 2 is 1.63 bits per heavy atom. The van der Waals surface area contributed by atoms with Crippen molar-refractivity contribution in [2.24, 2.45) is 0 Å². The molecule has 3 aromatic rings. The van der Waals surface area contributed by atoms with Crippen LogP contribution in [0.3, 0.4) is 0 Å². The van der Waals surface area contributed by atoms with Gasteiger partial charge < -0.3 is 20.5 Å². The summed E-state index contributed by atoms with van der Waals surface area (Å²) >= 11 is 0. The van der Waals surface area contributed by atoms with Crippen molar-refractivity contribution in [2.75, 3.05) is 11.9 Å². The van der Waals surface area contributed by atoms with Crippen LogP contribution < -0.4 is 10.6 Å². The van der Waals surface area contributed by atoms with Crippen LogP contribution in [0.2, 0.25) is 0 Å². The van der Waals surface area contributed by atoms with Crippen molar-refractivity contribution >= 4 is 23.7 Å². The quantitative estimate of drug-likeness (QED) is 0.416. The van der Waals surface area contributed by atoms with E-state index in [1.807, 2.05) is 43.3 Å². The van der Waals surface area contributed by atoms with Gasteiger partial charge in [-0.05, 0) is 46.9 Å². The number of amides is 2. The summed E-state index contributed by atoms with van der Waals surface area (Å²) in [6.07, 6.45) is -0.198. The molecule has 0 spiro atoms. The number of hydrogen-bond acceptors (Lipinski definition) is 4. The minimum absolute atomic E-state index is 0.0526. The predicted molar refractivity (Wildman–Crippen MR) is 129 cm³/mol. The van der Waals surface area contributed by atoms with Gasteiger partial charge in [0.15, 0.2) is 0 Å². The van der Waals surface area contributed by atoms with E-state index in [-0.39, 0.29) is 24.6 Å². The van der Waals surface area contributed by atoms with E-state index in [2.05, 4.69) is 22.8 Å². The Labute approximate surface area is 201 Å². The molecule has 180 valence electrons. The van der Waals surface area contributed by atoms with E-state index in [0.29, 0.717) is 6.42 Å². The van der Waals surface area contributed by atoms with Gasteiger partial charge in [0.2, 0.25) is 5.91 Å². The van der Waals surface area contributed by atoms with E-state index in [4.69, 9.17) is 9.84 Å². The predicted octanol–water partition coefficient (Wildman–Crippen LogP) is 5.17. The third-order valence-corrected chi connectivity index (χ3v) is 6.07. The number of carbonyl (C=O) groups is 3. The maximum Gasteiger partial charge on any atom is 0.407 e. The highest BCUT2D eigenvalue weighted by molar-refractivity contribution is 5.93. The minimum Gasteiger partial charge on any atom is -0.478 e. The van der Waals surface area contributed by atoms with Crippen LogP contribution in [0.5, 0.6) is 0 Å². The lowest BCUT2D eigenvalue weighted by atomic mass is 9.98. The standard InChI is InChI=1S/C27H25FN2O5/c1-2-16(14-25(31)29-17-11-12-22(26(32)33)24(28)13-17)30-27(34)35-15-23-20-9-5-3-7-18(20)19-8-4-6-10-21(19)23/h3-13,16,23H,2,14-15H2,1H3,(H,29,31)(H,30,34)(H,32,33)/t16-/m1/s1. The molecule has 0 saturated heterocycles. The molecule has 1 aliphatic rings. The van der Waals surface area contributed by atoms with Crippen LogP contribution in [0.1, 0.15) is 47.2 Å². The van der Waals surface area contributed by atoms with Crippen molar-refractivity contribution < 1.29 is 28.6 Å². The number of carboxylic acids is 1. The minimum atomic E-state index is -1.39. The van der Waals surface area contributed by atoms with Gasteiger partial charge in [0.25, 0.3) is 0 Å². The van der Waals surface area contributed by atoms with Crippen LogP contribution in [0.4, 0.5) is 14.9 Å². The van der Waals surface area contributed by atoms with Gasteiger partial charge in [0.05, 0.1) is 5.56 Å². The number of rotatable bonds is 8. The lowest BCUT2D eigenvalue weighted by Crippen LogP contribution is -2.38. The van der Waals surface area contributed by atoms with E-state index >= 15 is 0 Å². The lowest BCUT2D eigenvalue weighted by molar-refractivity contribution is -0.116. The first-order chi connectivity index (χ1) is 16.9. The van der Waals surface area contributed by atoms with E-state index < -0.39 is 35.4 Å². The van der Waals surface area contributed by atoms with Gasteiger partial charge in [-0.15, -0.1) is 0 Å². The molecule has 1 atom stereocenters. The zero-order chi connectivity index (χ0) is 24.9. The summed E-state index contributed by atoms with van der Waals surface area (Å²) < 4.78 is 19.4. The average Bonchev–Trinajstić information content (AvgIpc) is 3.16. The van der Waals surface area contributed by atoms with Gasteiger partial charge in [0.1, 0.15) is 12.4 Å². The Hall–Kier alpha value is -4.20. The van der Waals surface area contributed by atoms with E-state index in [1.54, 1.807) is 0 Å². The molecule has 7 nitrogen and oxygen atoms in total. The number of hydrogen-bond donors (Lipinski definition) is 3. The number of ether oxygens (including phenoxy) is 1. The van der Waals surface area contributed by atoms with Crippen molar-refractivity contribution in [3.8, 4) is 11.1 Å². The molecule has 4 rings (SSSR count). The highest BCUT2D eigenvalue weighted by Crippen LogP contribution is 2.44. The third-order valence-electron chi connectivity index (χ3n) is 6.07. The Bertz CT molecular complexity index is 1230. The molecule has 8 heteroatoms. The molecule has 0 bridgehead atoms. The molecule has 0 aromatic heterocycles. The Balaban J connectivity index is 1.33. The van der Waals surface area contributed by atoms with Crippen molar-refractivity contribution in [3.63, 3.8) is 0 Å². The fourth-order valence-electron chi connectivity index (χ4n) is 4.31. The molecular weight excluding hydrogens is 451 g/mol. The average molecular weight is 477 g/mol. The molecule has 2 amide bonds. The SMILES string of the molecule is CC[C@H](CC(=O)Nc1ccc(C(=O)O)c(F)c1)NC(=O)OCC1c2ccccc2-c2ccccc21. The zero-order valence-corrected chi connectivity index (χ0v) is 19.1. The topological polar surface area (TPSA) is 105 Å². The molecular formula is C27H25FN2O5. The molecule has 1 aliphatic carbocycles. The van der Waals surface area contributed by atoms with Crippen LogP contribution in [0, 0.1) is 5.82 Å². The molecule has 0 aliphatic heterocycles. The third kappa shape index (κ3) is 5.32. The summed E-state index contributed by atoms with van der Waals surface area (Å²) in [5.41, 5.74) is 4.13. The second kappa shape index (κ2) is 10.4. The van der Waals surface area contributed by atoms with E-state index in [9.17, 15) is 18.8 Å². The van der Waals surface area contributed by atoms with Gasteiger partial charge in [-0.3, -0.25) is 4.79 Å². The summed E-state index contributed by atoms with van der Waals surface area (Å²) in [5.74, 6) is -2.85. The first kappa shape index (κ1) is 23.9. The number of fused-ring (bicyclic) bond motifs is 3. The number of nitrogens with one attached hydrogen (secondary N) is 2. The summed E-state index contributed by atoms with van der Waals surface area (Å²) in [6.45, 7) is 1.99. The van der Waals surface area contributed by atoms with Gasteiger partial charge in [-0.1, -0.05) is 55.5 Å². The van der Waals surface area contributed by atoms with Gasteiger partial charge in [-0.2, -0.15) is 0 Å². The highest BCUT2D eigenvalue weighted by Gasteiger charge is 2.29. The first-order valence-electron chi connectivity index (χ1n) is 11.3. The van der Waals surface area contributed by atoms with Crippen LogP contribution in [0.25, 0.3) is 11.1 Å². The number of alkyl carbamates (subject to hydrolysis) is 1. The summed E-state index contributed by atoms with van der Waals surface area (Å²) in [5, 5.41) is 14.1. The number of benzene rings is 3. The van der Waals surface area contributed by atoms with E-state index in [0.717, 1.165) is 34.4 Å². The second-order valence-corrected chi connectivity index (χ2v) is 8.33. The number of halogens is 1. The normalized spacial score (nSPS) is 12.9. The van der Waals surface area contributed by atoms with Crippen molar-refractivity contribution in [2.45, 2.75) is 31.7 Å². The lowest BCUT2D eigenvalue weighted by Gasteiger charge is -2.19. The fourth-order valence-corrected chi connectivity index (χ4v) is 4.31. The molecule has 0 fully saturated rings. The smallest absolute Gasteiger partial charge is 0.407 e. The van der Waals surface area contributed by atoms with E-state index in [1.165, 1.54) is 6.07 Å².